The lowest BCUT2D eigenvalue weighted by Crippen LogP contribution is -2.15. The highest BCUT2D eigenvalue weighted by Gasteiger charge is 2.12. The Hall–Kier alpha value is -3.34. The Morgan fingerprint density at radius 3 is 2.61 bits per heavy atom. The van der Waals surface area contributed by atoms with Crippen LogP contribution in [0.3, 0.4) is 0 Å². The van der Waals surface area contributed by atoms with Gasteiger partial charge in [-0.1, -0.05) is 19.9 Å². The molecule has 8 nitrogen and oxygen atoms in total. The predicted octanol–water partition coefficient (Wildman–Crippen LogP) is 3.02. The first-order chi connectivity index (χ1) is 13.3. The zero-order valence-corrected chi connectivity index (χ0v) is 16.9. The maximum absolute atomic E-state index is 9.58. The van der Waals surface area contributed by atoms with Crippen molar-refractivity contribution in [3.63, 3.8) is 0 Å². The molecular formula is C20H26N6O2. The Balaban J connectivity index is 2.33. The van der Waals surface area contributed by atoms with Crippen LogP contribution in [-0.4, -0.2) is 42.8 Å². The molecule has 148 valence electrons. The summed E-state index contributed by atoms with van der Waals surface area (Å²) in [5, 5.41) is 9.58. The molecule has 0 radical (unpaired) electrons. The molecule has 2 N–H and O–H groups in total. The van der Waals surface area contributed by atoms with Gasteiger partial charge in [0.2, 0.25) is 11.9 Å². The van der Waals surface area contributed by atoms with Crippen molar-refractivity contribution in [3.8, 4) is 17.6 Å². The molecule has 0 spiro atoms. The third-order valence-corrected chi connectivity index (χ3v) is 3.85. The lowest BCUT2D eigenvalue weighted by Gasteiger charge is -2.13. The lowest BCUT2D eigenvalue weighted by molar-refractivity contribution is 0.273. The molecule has 2 rings (SSSR count). The van der Waals surface area contributed by atoms with Gasteiger partial charge >= 0.3 is 0 Å². The Morgan fingerprint density at radius 1 is 1.25 bits per heavy atom. The number of allylic oxidation sites excluding steroid dienone is 1. The molecule has 1 aromatic heterocycles. The number of methoxy groups -OCH3 is 1. The second-order valence-electron chi connectivity index (χ2n) is 6.82. The van der Waals surface area contributed by atoms with Crippen LogP contribution in [0.25, 0.3) is 11.6 Å². The van der Waals surface area contributed by atoms with Gasteiger partial charge in [-0.05, 0) is 36.1 Å². The normalized spacial score (nSPS) is 11.2. The fourth-order valence-electron chi connectivity index (χ4n) is 2.31. The molecule has 0 aliphatic rings. The van der Waals surface area contributed by atoms with E-state index in [9.17, 15) is 5.26 Å². The Bertz CT molecular complexity index is 887. The number of nitrogen functional groups attached to an aromatic ring is 1. The van der Waals surface area contributed by atoms with Gasteiger partial charge in [0.25, 0.3) is 0 Å². The quantitative estimate of drug-likeness (QED) is 0.694. The molecule has 0 saturated heterocycles. The van der Waals surface area contributed by atoms with E-state index in [1.54, 1.807) is 38.2 Å². The van der Waals surface area contributed by atoms with Crippen molar-refractivity contribution in [3.05, 3.63) is 29.6 Å². The maximum Gasteiger partial charge on any atom is 0.230 e. The maximum atomic E-state index is 9.58. The van der Waals surface area contributed by atoms with Crippen LogP contribution in [0.2, 0.25) is 0 Å². The molecule has 0 aliphatic heterocycles. The summed E-state index contributed by atoms with van der Waals surface area (Å²) in [6.45, 7) is 4.91. The third kappa shape index (κ3) is 5.58. The van der Waals surface area contributed by atoms with Crippen molar-refractivity contribution in [2.24, 2.45) is 5.92 Å². The second kappa shape index (κ2) is 9.55. The SMILES string of the molecule is COc1cc(/C=C(\C#N)c2nc(N)nc(N(C)C)n2)ccc1OCCC(C)C. The Morgan fingerprint density at radius 2 is 2.00 bits per heavy atom. The van der Waals surface area contributed by atoms with Gasteiger partial charge in [0.05, 0.1) is 19.3 Å². The minimum atomic E-state index is 0.0568. The van der Waals surface area contributed by atoms with Crippen LogP contribution in [0.1, 0.15) is 31.7 Å². The molecular weight excluding hydrogens is 356 g/mol. The van der Waals surface area contributed by atoms with Crippen LogP contribution >= 0.6 is 0 Å². The number of benzene rings is 1. The molecule has 0 amide bonds. The number of anilines is 2. The van der Waals surface area contributed by atoms with E-state index in [0.717, 1.165) is 12.0 Å². The monoisotopic (exact) mass is 382 g/mol. The van der Waals surface area contributed by atoms with Crippen LogP contribution < -0.4 is 20.1 Å². The van der Waals surface area contributed by atoms with Crippen LogP contribution in [0.4, 0.5) is 11.9 Å². The van der Waals surface area contributed by atoms with Gasteiger partial charge in [-0.3, -0.25) is 0 Å². The van der Waals surface area contributed by atoms with E-state index in [-0.39, 0.29) is 17.3 Å². The van der Waals surface area contributed by atoms with Crippen molar-refractivity contribution in [2.75, 3.05) is 38.4 Å². The number of ether oxygens (including phenoxy) is 2. The summed E-state index contributed by atoms with van der Waals surface area (Å²) in [4.78, 5) is 14.1. The number of hydrogen-bond acceptors (Lipinski definition) is 8. The highest BCUT2D eigenvalue weighted by molar-refractivity contribution is 5.87. The van der Waals surface area contributed by atoms with Gasteiger partial charge in [-0.25, -0.2) is 0 Å². The van der Waals surface area contributed by atoms with Gasteiger partial charge in [0.15, 0.2) is 17.3 Å². The van der Waals surface area contributed by atoms with Gasteiger partial charge in [-0.2, -0.15) is 20.2 Å². The zero-order valence-electron chi connectivity index (χ0n) is 16.9. The predicted molar refractivity (Wildman–Crippen MR) is 110 cm³/mol. The topological polar surface area (TPSA) is 110 Å². The molecule has 8 heteroatoms. The first-order valence-corrected chi connectivity index (χ1v) is 8.96. The number of rotatable bonds is 8. The molecule has 0 saturated carbocycles. The molecule has 1 aromatic carbocycles. The van der Waals surface area contributed by atoms with Gasteiger partial charge in [-0.15, -0.1) is 0 Å². The molecule has 28 heavy (non-hydrogen) atoms. The van der Waals surface area contributed by atoms with Gasteiger partial charge < -0.3 is 20.1 Å². The summed E-state index contributed by atoms with van der Waals surface area (Å²) in [6.07, 6.45) is 2.63. The van der Waals surface area contributed by atoms with E-state index >= 15 is 0 Å². The number of nitriles is 1. The Labute approximate surface area is 165 Å². The zero-order chi connectivity index (χ0) is 20.7. The summed E-state index contributed by atoms with van der Waals surface area (Å²) in [7, 11) is 5.16. The summed E-state index contributed by atoms with van der Waals surface area (Å²) >= 11 is 0. The largest absolute Gasteiger partial charge is 0.493 e. The van der Waals surface area contributed by atoms with Crippen molar-refractivity contribution >= 4 is 23.5 Å². The molecule has 0 aliphatic carbocycles. The molecule has 0 atom stereocenters. The van der Waals surface area contributed by atoms with E-state index < -0.39 is 0 Å². The summed E-state index contributed by atoms with van der Waals surface area (Å²) in [5.74, 6) is 2.48. The van der Waals surface area contributed by atoms with Crippen LogP contribution in [0, 0.1) is 17.2 Å². The summed E-state index contributed by atoms with van der Waals surface area (Å²) in [6, 6.07) is 7.60. The van der Waals surface area contributed by atoms with Crippen LogP contribution in [0.5, 0.6) is 11.5 Å². The molecule has 2 aromatic rings. The minimum Gasteiger partial charge on any atom is -0.493 e. The van der Waals surface area contributed by atoms with Crippen molar-refractivity contribution in [1.29, 1.82) is 5.26 Å². The summed E-state index contributed by atoms with van der Waals surface area (Å²) < 4.78 is 11.2. The molecule has 0 bridgehead atoms. The smallest absolute Gasteiger partial charge is 0.230 e. The number of aromatic nitrogens is 3. The van der Waals surface area contributed by atoms with E-state index in [1.807, 2.05) is 12.1 Å². The van der Waals surface area contributed by atoms with E-state index in [4.69, 9.17) is 15.2 Å². The Kier molecular flexibility index (Phi) is 7.15. The summed E-state index contributed by atoms with van der Waals surface area (Å²) in [5.41, 5.74) is 6.78. The highest BCUT2D eigenvalue weighted by Crippen LogP contribution is 2.30. The fourth-order valence-corrected chi connectivity index (χ4v) is 2.31. The van der Waals surface area contributed by atoms with Crippen LogP contribution in [0.15, 0.2) is 18.2 Å². The lowest BCUT2D eigenvalue weighted by atomic mass is 10.1. The number of nitrogens with zero attached hydrogens (tertiary/aromatic N) is 5. The standard InChI is InChI=1S/C20H26N6O2/c1-13(2)8-9-28-16-7-6-14(11-17(16)27-5)10-15(12-21)18-23-19(22)25-20(24-18)26(3)4/h6-7,10-11,13H,8-9H2,1-5H3,(H2,22,23,24,25)/b15-10+. The first-order valence-electron chi connectivity index (χ1n) is 8.96. The molecule has 0 unspecified atom stereocenters. The fraction of sp³-hybridized carbons (Fsp3) is 0.400. The number of nitrogens with two attached hydrogens (primary N) is 1. The average Bonchev–Trinajstić information content (AvgIpc) is 2.65. The van der Waals surface area contributed by atoms with E-state index in [2.05, 4.69) is 34.9 Å². The van der Waals surface area contributed by atoms with Gasteiger partial charge in [0, 0.05) is 14.1 Å². The third-order valence-electron chi connectivity index (χ3n) is 3.85. The first kappa shape index (κ1) is 21.0. The molecule has 0 fully saturated rings. The average molecular weight is 382 g/mol. The van der Waals surface area contributed by atoms with E-state index in [1.165, 1.54) is 0 Å². The van der Waals surface area contributed by atoms with E-state index in [0.29, 0.717) is 30.0 Å². The van der Waals surface area contributed by atoms with Gasteiger partial charge in [0.1, 0.15) is 6.07 Å². The minimum absolute atomic E-state index is 0.0568. The highest BCUT2D eigenvalue weighted by atomic mass is 16.5. The van der Waals surface area contributed by atoms with Crippen molar-refractivity contribution in [2.45, 2.75) is 20.3 Å². The van der Waals surface area contributed by atoms with Crippen LogP contribution in [-0.2, 0) is 0 Å². The number of hydrogen-bond donors (Lipinski definition) is 1. The van der Waals surface area contributed by atoms with Crippen molar-refractivity contribution in [1.82, 2.24) is 15.0 Å². The second-order valence-corrected chi connectivity index (χ2v) is 6.82. The van der Waals surface area contributed by atoms with Crippen molar-refractivity contribution < 1.29 is 9.47 Å². The molecule has 1 heterocycles.